The van der Waals surface area contributed by atoms with E-state index in [1.807, 2.05) is 28.8 Å². The van der Waals surface area contributed by atoms with Gasteiger partial charge in [0, 0.05) is 43.9 Å². The van der Waals surface area contributed by atoms with E-state index in [4.69, 9.17) is 0 Å². The lowest BCUT2D eigenvalue weighted by molar-refractivity contribution is -0.132. The molecule has 2 amide bonds. The van der Waals surface area contributed by atoms with Gasteiger partial charge in [-0.1, -0.05) is 6.92 Å². The van der Waals surface area contributed by atoms with Crippen LogP contribution in [0.3, 0.4) is 0 Å². The van der Waals surface area contributed by atoms with Gasteiger partial charge in [0.25, 0.3) is 5.91 Å². The number of piperidine rings is 1. The summed E-state index contributed by atoms with van der Waals surface area (Å²) in [6.07, 6.45) is 2.82. The molecule has 1 fully saturated rings. The Morgan fingerprint density at radius 3 is 2.58 bits per heavy atom. The van der Waals surface area contributed by atoms with E-state index in [1.165, 1.54) is 0 Å². The normalized spacial score (nSPS) is 18.8. The third-order valence-corrected chi connectivity index (χ3v) is 5.01. The van der Waals surface area contributed by atoms with Crippen molar-refractivity contribution in [2.45, 2.75) is 32.7 Å². The highest BCUT2D eigenvalue weighted by atomic mass is 16.2. The summed E-state index contributed by atoms with van der Waals surface area (Å²) in [6, 6.07) is 0. The van der Waals surface area contributed by atoms with Gasteiger partial charge in [0.2, 0.25) is 5.91 Å². The van der Waals surface area contributed by atoms with Crippen molar-refractivity contribution in [1.82, 2.24) is 24.9 Å². The van der Waals surface area contributed by atoms with Crippen LogP contribution in [0.5, 0.6) is 0 Å². The van der Waals surface area contributed by atoms with Gasteiger partial charge in [-0.15, -0.1) is 0 Å². The topological polar surface area (TPSA) is 72.5 Å². The molecule has 2 aliphatic heterocycles. The molecule has 3 rings (SSSR count). The fourth-order valence-electron chi connectivity index (χ4n) is 3.42. The van der Waals surface area contributed by atoms with E-state index < -0.39 is 0 Å². The van der Waals surface area contributed by atoms with Gasteiger partial charge in [-0.25, -0.2) is 0 Å². The maximum Gasteiger partial charge on any atom is 0.274 e. The number of amides is 2. The van der Waals surface area contributed by atoms with Gasteiger partial charge in [-0.2, -0.15) is 5.10 Å². The van der Waals surface area contributed by atoms with Crippen molar-refractivity contribution in [3.05, 3.63) is 17.0 Å². The largest absolute Gasteiger partial charge is 0.337 e. The van der Waals surface area contributed by atoms with E-state index in [2.05, 4.69) is 17.1 Å². The van der Waals surface area contributed by atoms with Crippen molar-refractivity contribution in [1.29, 1.82) is 0 Å². The highest BCUT2D eigenvalue weighted by Crippen LogP contribution is 2.24. The molecule has 0 spiro atoms. The molecule has 24 heavy (non-hydrogen) atoms. The standard InChI is InChI=1S/C17H27N5O2/c1-12-4-7-21(8-5-12)17(24)16-13-10-22(15(23)11-20(2)3)9-6-14(13)18-19-16/h12H,4-11H2,1-3H3,(H,18,19). The first-order valence-electron chi connectivity index (χ1n) is 8.73. The van der Waals surface area contributed by atoms with Gasteiger partial charge in [0.15, 0.2) is 5.69 Å². The average molecular weight is 333 g/mol. The summed E-state index contributed by atoms with van der Waals surface area (Å²) in [4.78, 5) is 30.7. The highest BCUT2D eigenvalue weighted by molar-refractivity contribution is 5.94. The van der Waals surface area contributed by atoms with Crippen LogP contribution in [0.15, 0.2) is 0 Å². The van der Waals surface area contributed by atoms with Gasteiger partial charge in [-0.05, 0) is 32.9 Å². The quantitative estimate of drug-likeness (QED) is 0.885. The molecule has 0 atom stereocenters. The lowest BCUT2D eigenvalue weighted by Gasteiger charge is -2.31. The first-order chi connectivity index (χ1) is 11.5. The van der Waals surface area contributed by atoms with Crippen molar-refractivity contribution in [2.75, 3.05) is 40.3 Å². The molecular formula is C17H27N5O2. The Morgan fingerprint density at radius 2 is 1.92 bits per heavy atom. The molecule has 0 aliphatic carbocycles. The summed E-state index contributed by atoms with van der Waals surface area (Å²) >= 11 is 0. The fraction of sp³-hybridized carbons (Fsp3) is 0.706. The van der Waals surface area contributed by atoms with Crippen molar-refractivity contribution in [2.24, 2.45) is 5.92 Å². The number of fused-ring (bicyclic) bond motifs is 1. The fourth-order valence-corrected chi connectivity index (χ4v) is 3.42. The Morgan fingerprint density at radius 1 is 1.21 bits per heavy atom. The molecule has 1 aromatic heterocycles. The predicted molar refractivity (Wildman–Crippen MR) is 90.6 cm³/mol. The van der Waals surface area contributed by atoms with Crippen LogP contribution in [0.2, 0.25) is 0 Å². The molecule has 0 saturated carbocycles. The lowest BCUT2D eigenvalue weighted by atomic mass is 9.98. The monoisotopic (exact) mass is 333 g/mol. The maximum absolute atomic E-state index is 12.8. The van der Waals surface area contributed by atoms with Gasteiger partial charge in [0.05, 0.1) is 6.54 Å². The summed E-state index contributed by atoms with van der Waals surface area (Å²) < 4.78 is 0. The van der Waals surface area contributed by atoms with Gasteiger partial charge in [0.1, 0.15) is 0 Å². The van der Waals surface area contributed by atoms with E-state index in [1.54, 1.807) is 0 Å². The van der Waals surface area contributed by atoms with E-state index in [9.17, 15) is 9.59 Å². The van der Waals surface area contributed by atoms with E-state index in [0.29, 0.717) is 31.2 Å². The summed E-state index contributed by atoms with van der Waals surface area (Å²) in [5.74, 6) is 0.777. The molecule has 2 aliphatic rings. The van der Waals surface area contributed by atoms with Crippen molar-refractivity contribution in [3.63, 3.8) is 0 Å². The Labute approximate surface area is 143 Å². The molecule has 3 heterocycles. The van der Waals surface area contributed by atoms with Gasteiger partial charge < -0.3 is 14.7 Å². The molecule has 0 radical (unpaired) electrons. The number of aromatic nitrogens is 2. The third kappa shape index (κ3) is 3.45. The van der Waals surface area contributed by atoms with Crippen LogP contribution in [-0.2, 0) is 17.8 Å². The summed E-state index contributed by atoms with van der Waals surface area (Å²) in [5.41, 5.74) is 2.40. The second-order valence-corrected chi connectivity index (χ2v) is 7.31. The number of carbonyl (C=O) groups excluding carboxylic acids is 2. The van der Waals surface area contributed by atoms with Crippen LogP contribution in [0.1, 0.15) is 41.5 Å². The van der Waals surface area contributed by atoms with Crippen LogP contribution >= 0.6 is 0 Å². The van der Waals surface area contributed by atoms with Crippen molar-refractivity contribution < 1.29 is 9.59 Å². The van der Waals surface area contributed by atoms with Crippen LogP contribution in [-0.4, -0.2) is 77.0 Å². The smallest absolute Gasteiger partial charge is 0.274 e. The number of likely N-dealkylation sites (N-methyl/N-ethyl adjacent to an activating group) is 1. The lowest BCUT2D eigenvalue weighted by Crippen LogP contribution is -2.42. The van der Waals surface area contributed by atoms with Gasteiger partial charge in [-0.3, -0.25) is 14.7 Å². The number of carbonyl (C=O) groups is 2. The maximum atomic E-state index is 12.8. The number of hydrogen-bond acceptors (Lipinski definition) is 4. The minimum Gasteiger partial charge on any atom is -0.337 e. The second kappa shape index (κ2) is 6.93. The number of aromatic amines is 1. The molecule has 1 N–H and O–H groups in total. The van der Waals surface area contributed by atoms with Gasteiger partial charge >= 0.3 is 0 Å². The number of H-pyrrole nitrogens is 1. The van der Waals surface area contributed by atoms with Crippen LogP contribution in [0.25, 0.3) is 0 Å². The Balaban J connectivity index is 1.73. The Kier molecular flexibility index (Phi) is 4.89. The predicted octanol–water partition coefficient (Wildman–Crippen LogP) is 0.728. The Bertz CT molecular complexity index is 616. The summed E-state index contributed by atoms with van der Waals surface area (Å²) in [5, 5.41) is 7.29. The molecule has 7 heteroatoms. The van der Waals surface area contributed by atoms with Crippen LogP contribution < -0.4 is 0 Å². The minimum absolute atomic E-state index is 0.00121. The molecule has 1 aromatic rings. The molecule has 0 aromatic carbocycles. The zero-order chi connectivity index (χ0) is 17.3. The number of rotatable bonds is 3. The van der Waals surface area contributed by atoms with Crippen molar-refractivity contribution in [3.8, 4) is 0 Å². The summed E-state index contributed by atoms with van der Waals surface area (Å²) in [6.45, 7) is 5.36. The zero-order valence-electron chi connectivity index (χ0n) is 14.8. The molecule has 0 unspecified atom stereocenters. The van der Waals surface area contributed by atoms with E-state index in [-0.39, 0.29) is 11.8 Å². The third-order valence-electron chi connectivity index (χ3n) is 5.01. The number of likely N-dealkylation sites (tertiary alicyclic amines) is 1. The first-order valence-corrected chi connectivity index (χ1v) is 8.73. The number of hydrogen-bond donors (Lipinski definition) is 1. The molecule has 7 nitrogen and oxygen atoms in total. The number of nitrogens with one attached hydrogen (secondary N) is 1. The zero-order valence-corrected chi connectivity index (χ0v) is 14.8. The minimum atomic E-state index is 0.00121. The van der Waals surface area contributed by atoms with Crippen LogP contribution in [0.4, 0.5) is 0 Å². The SMILES string of the molecule is CC1CCN(C(=O)c2n[nH]c3c2CN(C(=O)CN(C)C)CC3)CC1. The van der Waals surface area contributed by atoms with Crippen LogP contribution in [0, 0.1) is 5.92 Å². The van der Waals surface area contributed by atoms with E-state index >= 15 is 0 Å². The molecular weight excluding hydrogens is 306 g/mol. The van der Waals surface area contributed by atoms with Crippen molar-refractivity contribution >= 4 is 11.8 Å². The van der Waals surface area contributed by atoms with E-state index in [0.717, 1.165) is 43.6 Å². The second-order valence-electron chi connectivity index (χ2n) is 7.31. The number of nitrogens with zero attached hydrogens (tertiary/aromatic N) is 4. The highest BCUT2D eigenvalue weighted by Gasteiger charge is 2.30. The first kappa shape index (κ1) is 17.0. The summed E-state index contributed by atoms with van der Waals surface area (Å²) in [7, 11) is 3.77. The Hall–Kier alpha value is -1.89. The molecule has 132 valence electrons. The molecule has 1 saturated heterocycles. The average Bonchev–Trinajstić information content (AvgIpc) is 2.97. The molecule has 0 bridgehead atoms.